The standard InChI is InChI=1S/C14H14IN5O2/c15-12-5-13(19-14(17)18-12)20(7-11(22)8-21)10-3-1-2-9(4-10)6-16/h1-5,11,21-22H,7-8H2,(H2,17,18,19). The van der Waals surface area contributed by atoms with E-state index in [-0.39, 0.29) is 19.1 Å². The van der Waals surface area contributed by atoms with Gasteiger partial charge in [0.25, 0.3) is 0 Å². The first-order valence-corrected chi connectivity index (χ1v) is 7.48. The van der Waals surface area contributed by atoms with Crippen molar-refractivity contribution in [3.05, 3.63) is 39.6 Å². The maximum Gasteiger partial charge on any atom is 0.222 e. The van der Waals surface area contributed by atoms with Gasteiger partial charge in [0.15, 0.2) is 0 Å². The van der Waals surface area contributed by atoms with Gasteiger partial charge in [0, 0.05) is 11.8 Å². The number of aliphatic hydroxyl groups excluding tert-OH is 2. The molecule has 1 unspecified atom stereocenters. The normalized spacial score (nSPS) is 11.7. The van der Waals surface area contributed by atoms with Gasteiger partial charge in [0.05, 0.1) is 30.9 Å². The van der Waals surface area contributed by atoms with E-state index in [2.05, 4.69) is 16.0 Å². The minimum absolute atomic E-state index is 0.109. The van der Waals surface area contributed by atoms with Crippen molar-refractivity contribution in [2.24, 2.45) is 0 Å². The van der Waals surface area contributed by atoms with E-state index in [1.54, 1.807) is 35.2 Å². The zero-order valence-corrected chi connectivity index (χ0v) is 13.7. The van der Waals surface area contributed by atoms with Crippen LogP contribution >= 0.6 is 22.6 Å². The smallest absolute Gasteiger partial charge is 0.222 e. The number of nitrogens with zero attached hydrogens (tertiary/aromatic N) is 4. The highest BCUT2D eigenvalue weighted by molar-refractivity contribution is 14.1. The predicted octanol–water partition coefficient (Wildman–Crippen LogP) is 1.03. The summed E-state index contributed by atoms with van der Waals surface area (Å²) in [5, 5.41) is 27.9. The minimum Gasteiger partial charge on any atom is -0.394 e. The third kappa shape index (κ3) is 4.03. The van der Waals surface area contributed by atoms with Crippen LogP contribution in [0.25, 0.3) is 0 Å². The van der Waals surface area contributed by atoms with Crippen LogP contribution in [0, 0.1) is 15.0 Å². The number of anilines is 3. The van der Waals surface area contributed by atoms with Crippen LogP contribution in [0.5, 0.6) is 0 Å². The second-order valence-electron chi connectivity index (χ2n) is 4.52. The Morgan fingerprint density at radius 2 is 2.14 bits per heavy atom. The number of benzene rings is 1. The summed E-state index contributed by atoms with van der Waals surface area (Å²) in [4.78, 5) is 9.85. The summed E-state index contributed by atoms with van der Waals surface area (Å²) in [6.45, 7) is -0.274. The largest absolute Gasteiger partial charge is 0.394 e. The van der Waals surface area contributed by atoms with Crippen molar-refractivity contribution in [2.75, 3.05) is 23.8 Å². The molecular weight excluding hydrogens is 397 g/mol. The van der Waals surface area contributed by atoms with E-state index in [0.29, 0.717) is 20.8 Å². The molecule has 0 saturated carbocycles. The van der Waals surface area contributed by atoms with E-state index in [0.717, 1.165) is 0 Å². The Labute approximate surface area is 141 Å². The molecule has 0 bridgehead atoms. The van der Waals surface area contributed by atoms with Crippen LogP contribution in [0.4, 0.5) is 17.5 Å². The lowest BCUT2D eigenvalue weighted by atomic mass is 10.2. The number of nitrogen functional groups attached to an aromatic ring is 1. The first-order chi connectivity index (χ1) is 10.5. The van der Waals surface area contributed by atoms with Crippen molar-refractivity contribution in [3.63, 3.8) is 0 Å². The van der Waals surface area contributed by atoms with Crippen LogP contribution in [0.1, 0.15) is 5.56 Å². The first-order valence-electron chi connectivity index (χ1n) is 6.40. The van der Waals surface area contributed by atoms with Gasteiger partial charge in [-0.3, -0.25) is 0 Å². The Bertz CT molecular complexity index is 684. The van der Waals surface area contributed by atoms with Gasteiger partial charge in [-0.1, -0.05) is 6.07 Å². The Hall–Kier alpha value is -1.96. The number of halogens is 1. The quantitative estimate of drug-likeness (QED) is 0.497. The molecule has 0 saturated heterocycles. The van der Waals surface area contributed by atoms with Crippen LogP contribution < -0.4 is 10.6 Å². The zero-order chi connectivity index (χ0) is 16.1. The molecule has 1 aromatic carbocycles. The lowest BCUT2D eigenvalue weighted by Crippen LogP contribution is -2.31. The van der Waals surface area contributed by atoms with Gasteiger partial charge in [-0.25, -0.2) is 4.98 Å². The Balaban J connectivity index is 2.48. The van der Waals surface area contributed by atoms with E-state index in [1.165, 1.54) is 0 Å². The summed E-state index contributed by atoms with van der Waals surface area (Å²) < 4.78 is 0.653. The monoisotopic (exact) mass is 411 g/mol. The molecule has 114 valence electrons. The molecule has 1 atom stereocenters. The van der Waals surface area contributed by atoms with Crippen molar-refractivity contribution in [1.29, 1.82) is 5.26 Å². The summed E-state index contributed by atoms with van der Waals surface area (Å²) >= 11 is 2.02. The average molecular weight is 411 g/mol. The van der Waals surface area contributed by atoms with E-state index < -0.39 is 6.10 Å². The van der Waals surface area contributed by atoms with Crippen LogP contribution in [-0.2, 0) is 0 Å². The molecule has 4 N–H and O–H groups in total. The lowest BCUT2D eigenvalue weighted by molar-refractivity contribution is 0.102. The molecule has 22 heavy (non-hydrogen) atoms. The molecule has 1 aromatic heterocycles. The summed E-state index contributed by atoms with van der Waals surface area (Å²) in [5.41, 5.74) is 6.83. The highest BCUT2D eigenvalue weighted by atomic mass is 127. The van der Waals surface area contributed by atoms with E-state index in [9.17, 15) is 5.11 Å². The van der Waals surface area contributed by atoms with Crippen LogP contribution in [0.3, 0.4) is 0 Å². The molecule has 0 radical (unpaired) electrons. The Morgan fingerprint density at radius 3 is 2.77 bits per heavy atom. The molecule has 0 spiro atoms. The fourth-order valence-corrected chi connectivity index (χ4v) is 2.43. The maximum atomic E-state index is 9.78. The molecule has 0 aliphatic carbocycles. The van der Waals surface area contributed by atoms with Crippen molar-refractivity contribution < 1.29 is 10.2 Å². The maximum absolute atomic E-state index is 9.78. The van der Waals surface area contributed by atoms with Gasteiger partial charge in [0.1, 0.15) is 9.52 Å². The number of rotatable bonds is 5. The average Bonchev–Trinajstić information content (AvgIpc) is 2.51. The number of nitriles is 1. The highest BCUT2D eigenvalue weighted by Crippen LogP contribution is 2.26. The van der Waals surface area contributed by atoms with E-state index in [1.807, 2.05) is 22.6 Å². The second kappa shape index (κ2) is 7.35. The van der Waals surface area contributed by atoms with Gasteiger partial charge in [-0.05, 0) is 40.8 Å². The summed E-state index contributed by atoms with van der Waals surface area (Å²) in [6, 6.07) is 10.7. The SMILES string of the molecule is N#Cc1cccc(N(CC(O)CO)c2cc(I)nc(N)n2)c1. The van der Waals surface area contributed by atoms with Gasteiger partial charge in [-0.15, -0.1) is 0 Å². The number of nitrogens with two attached hydrogens (primary N) is 1. The molecule has 2 rings (SSSR count). The fraction of sp³-hybridized carbons (Fsp3) is 0.214. The van der Waals surface area contributed by atoms with Gasteiger partial charge >= 0.3 is 0 Å². The molecule has 8 heteroatoms. The zero-order valence-electron chi connectivity index (χ0n) is 11.5. The summed E-state index contributed by atoms with van der Waals surface area (Å²) in [7, 11) is 0. The fourth-order valence-electron chi connectivity index (χ4n) is 1.90. The number of hydrogen-bond donors (Lipinski definition) is 3. The van der Waals surface area contributed by atoms with Crippen LogP contribution in [-0.4, -0.2) is 39.4 Å². The third-order valence-corrected chi connectivity index (χ3v) is 3.42. The molecule has 7 nitrogen and oxygen atoms in total. The van der Waals surface area contributed by atoms with Crippen LogP contribution in [0.2, 0.25) is 0 Å². The van der Waals surface area contributed by atoms with Crippen molar-refractivity contribution in [1.82, 2.24) is 9.97 Å². The van der Waals surface area contributed by atoms with Crippen molar-refractivity contribution >= 4 is 40.0 Å². The Morgan fingerprint density at radius 1 is 1.36 bits per heavy atom. The first kappa shape index (κ1) is 16.4. The second-order valence-corrected chi connectivity index (χ2v) is 5.62. The Kier molecular flexibility index (Phi) is 5.48. The summed E-state index contributed by atoms with van der Waals surface area (Å²) in [5.74, 6) is 0.598. The van der Waals surface area contributed by atoms with Crippen molar-refractivity contribution in [3.8, 4) is 6.07 Å². The minimum atomic E-state index is -0.959. The predicted molar refractivity (Wildman–Crippen MR) is 90.4 cm³/mol. The van der Waals surface area contributed by atoms with Gasteiger partial charge < -0.3 is 20.8 Å². The number of aromatic nitrogens is 2. The highest BCUT2D eigenvalue weighted by Gasteiger charge is 2.17. The molecule has 0 aliphatic heterocycles. The topological polar surface area (TPSA) is 119 Å². The number of hydrogen-bond acceptors (Lipinski definition) is 7. The molecule has 2 aromatic rings. The summed E-state index contributed by atoms with van der Waals surface area (Å²) in [6.07, 6.45) is -0.959. The van der Waals surface area contributed by atoms with E-state index >= 15 is 0 Å². The third-order valence-electron chi connectivity index (χ3n) is 2.87. The molecule has 0 aliphatic rings. The molecule has 0 amide bonds. The molecule has 0 fully saturated rings. The van der Waals surface area contributed by atoms with Crippen LogP contribution in [0.15, 0.2) is 30.3 Å². The molecule has 1 heterocycles. The van der Waals surface area contributed by atoms with Crippen molar-refractivity contribution in [2.45, 2.75) is 6.10 Å². The lowest BCUT2D eigenvalue weighted by Gasteiger charge is -2.26. The van der Waals surface area contributed by atoms with Gasteiger partial charge in [0.2, 0.25) is 5.95 Å². The number of aliphatic hydroxyl groups is 2. The van der Waals surface area contributed by atoms with Gasteiger partial charge in [-0.2, -0.15) is 10.2 Å². The molecular formula is C14H14IN5O2. The van der Waals surface area contributed by atoms with E-state index in [4.69, 9.17) is 16.1 Å².